The van der Waals surface area contributed by atoms with E-state index in [-0.39, 0.29) is 16.9 Å². The highest BCUT2D eigenvalue weighted by atomic mass is 17.2. The lowest BCUT2D eigenvalue weighted by molar-refractivity contribution is -0.144. The summed E-state index contributed by atoms with van der Waals surface area (Å²) in [7, 11) is 0. The van der Waals surface area contributed by atoms with Crippen molar-refractivity contribution in [2.24, 2.45) is 10.8 Å². The first-order valence-corrected chi connectivity index (χ1v) is 14.4. The Kier molecular flexibility index (Phi) is 11.1. The molecule has 0 heterocycles. The molecule has 2 aromatic rings. The normalized spacial score (nSPS) is 20.1. The summed E-state index contributed by atoms with van der Waals surface area (Å²) in [5, 5.41) is 5.96. The Morgan fingerprint density at radius 1 is 0.846 bits per heavy atom. The van der Waals surface area contributed by atoms with Gasteiger partial charge in [0.15, 0.2) is 5.75 Å². The van der Waals surface area contributed by atoms with Gasteiger partial charge in [0.25, 0.3) is 0 Å². The smallest absolute Gasteiger partial charge is 0.410 e. The average Bonchev–Trinajstić information content (AvgIpc) is 2.88. The zero-order valence-corrected chi connectivity index (χ0v) is 24.3. The van der Waals surface area contributed by atoms with Crippen LogP contribution >= 0.6 is 0 Å². The first-order valence-electron chi connectivity index (χ1n) is 14.4. The van der Waals surface area contributed by atoms with E-state index in [9.17, 15) is 9.59 Å². The van der Waals surface area contributed by atoms with E-state index in [1.54, 1.807) is 0 Å². The SMILES string of the molecule is CCCCc1ccccc1OOC(=O)NC1CC(C)(C)CC(C)(CNC(=O)Oc2ccccc2CCCC)C1. The highest BCUT2D eigenvalue weighted by Crippen LogP contribution is 2.45. The first-order chi connectivity index (χ1) is 18.6. The molecular weight excluding hydrogens is 492 g/mol. The third kappa shape index (κ3) is 9.79. The molecule has 39 heavy (non-hydrogen) atoms. The number of amides is 2. The molecule has 2 aromatic carbocycles. The fourth-order valence-electron chi connectivity index (χ4n) is 5.90. The second-order valence-electron chi connectivity index (χ2n) is 12.0. The van der Waals surface area contributed by atoms with Crippen molar-refractivity contribution in [2.75, 3.05) is 6.54 Å². The third-order valence-electron chi connectivity index (χ3n) is 7.38. The van der Waals surface area contributed by atoms with Crippen molar-refractivity contribution in [1.29, 1.82) is 0 Å². The van der Waals surface area contributed by atoms with Gasteiger partial charge in [0, 0.05) is 12.6 Å². The van der Waals surface area contributed by atoms with E-state index in [0.717, 1.165) is 62.5 Å². The Balaban J connectivity index is 1.54. The van der Waals surface area contributed by atoms with Crippen LogP contribution in [0.15, 0.2) is 48.5 Å². The van der Waals surface area contributed by atoms with Crippen molar-refractivity contribution >= 4 is 12.2 Å². The molecule has 0 radical (unpaired) electrons. The lowest BCUT2D eigenvalue weighted by Gasteiger charge is -2.46. The molecule has 2 atom stereocenters. The predicted molar refractivity (Wildman–Crippen MR) is 154 cm³/mol. The van der Waals surface area contributed by atoms with E-state index in [0.29, 0.717) is 24.5 Å². The van der Waals surface area contributed by atoms with Gasteiger partial charge >= 0.3 is 12.2 Å². The Bertz CT molecular complexity index is 1090. The summed E-state index contributed by atoms with van der Waals surface area (Å²) in [5.74, 6) is 1.17. The molecule has 0 aromatic heterocycles. The van der Waals surface area contributed by atoms with E-state index in [2.05, 4.69) is 45.3 Å². The number of nitrogens with one attached hydrogen (secondary N) is 2. The van der Waals surface area contributed by atoms with Crippen LogP contribution in [0.2, 0.25) is 0 Å². The van der Waals surface area contributed by atoms with Crippen LogP contribution in [-0.2, 0) is 17.7 Å². The van der Waals surface area contributed by atoms with Crippen LogP contribution in [0.25, 0.3) is 0 Å². The molecule has 7 nitrogen and oxygen atoms in total. The molecule has 2 N–H and O–H groups in total. The molecule has 0 aliphatic heterocycles. The van der Waals surface area contributed by atoms with Crippen LogP contribution < -0.4 is 20.3 Å². The van der Waals surface area contributed by atoms with E-state index < -0.39 is 12.2 Å². The van der Waals surface area contributed by atoms with Crippen LogP contribution in [0.3, 0.4) is 0 Å². The zero-order valence-electron chi connectivity index (χ0n) is 24.3. The fourth-order valence-corrected chi connectivity index (χ4v) is 5.90. The summed E-state index contributed by atoms with van der Waals surface area (Å²) in [5.41, 5.74) is 1.80. The van der Waals surface area contributed by atoms with Crippen molar-refractivity contribution in [1.82, 2.24) is 10.6 Å². The quantitative estimate of drug-likeness (QED) is 0.213. The van der Waals surface area contributed by atoms with Gasteiger partial charge in [-0.2, -0.15) is 0 Å². The summed E-state index contributed by atoms with van der Waals surface area (Å²) in [6.45, 7) is 11.2. The van der Waals surface area contributed by atoms with Gasteiger partial charge < -0.3 is 15.4 Å². The standard InChI is InChI=1S/C32H46N2O5/c1-6-8-14-24-16-10-12-18-27(24)37-29(35)33-23-32(5)21-26(20-31(3,4)22-32)34-30(36)39-38-28-19-13-11-17-25(28)15-9-7-2/h10-13,16-19,26H,6-9,14-15,20-23H2,1-5H3,(H,33,35)(H,34,36). The Morgan fingerprint density at radius 3 is 2.08 bits per heavy atom. The fraction of sp³-hybridized carbons (Fsp3) is 0.562. The minimum Gasteiger partial charge on any atom is -0.410 e. The first kappa shape index (κ1) is 30.3. The molecule has 1 saturated carbocycles. The average molecular weight is 539 g/mol. The van der Waals surface area contributed by atoms with Gasteiger partial charge in [0.2, 0.25) is 0 Å². The molecule has 1 aliphatic carbocycles. The van der Waals surface area contributed by atoms with Crippen molar-refractivity contribution in [3.05, 3.63) is 59.7 Å². The van der Waals surface area contributed by atoms with Crippen LogP contribution in [0.1, 0.15) is 90.7 Å². The van der Waals surface area contributed by atoms with Crippen molar-refractivity contribution in [2.45, 2.75) is 98.4 Å². The van der Waals surface area contributed by atoms with Gasteiger partial charge in [-0.25, -0.2) is 14.5 Å². The van der Waals surface area contributed by atoms with E-state index in [1.807, 2.05) is 48.5 Å². The number of hydrogen-bond donors (Lipinski definition) is 2. The minimum absolute atomic E-state index is 0.0309. The number of benzene rings is 2. The molecule has 0 saturated heterocycles. The Hall–Kier alpha value is -3.22. The number of hydrogen-bond acceptors (Lipinski definition) is 5. The molecule has 0 bridgehead atoms. The molecule has 7 heteroatoms. The monoisotopic (exact) mass is 538 g/mol. The molecule has 2 amide bonds. The van der Waals surface area contributed by atoms with Gasteiger partial charge in [-0.3, -0.25) is 4.89 Å². The van der Waals surface area contributed by atoms with E-state index in [4.69, 9.17) is 14.5 Å². The van der Waals surface area contributed by atoms with Crippen molar-refractivity contribution in [3.8, 4) is 11.5 Å². The summed E-state index contributed by atoms with van der Waals surface area (Å²) < 4.78 is 5.67. The van der Waals surface area contributed by atoms with Crippen LogP contribution in [0.4, 0.5) is 9.59 Å². The minimum atomic E-state index is -0.610. The zero-order chi connectivity index (χ0) is 28.3. The molecule has 1 aliphatic rings. The Morgan fingerprint density at radius 2 is 1.44 bits per heavy atom. The number of unbranched alkanes of at least 4 members (excludes halogenated alkanes) is 2. The summed E-state index contributed by atoms with van der Waals surface area (Å²) in [6, 6.07) is 15.2. The number of ether oxygens (including phenoxy) is 1. The lowest BCUT2D eigenvalue weighted by atomic mass is 9.62. The number of rotatable bonds is 12. The summed E-state index contributed by atoms with van der Waals surface area (Å²) in [6.07, 6.45) is 7.33. The van der Waals surface area contributed by atoms with Gasteiger partial charge in [-0.05, 0) is 79.0 Å². The maximum atomic E-state index is 12.7. The molecule has 1 fully saturated rings. The van der Waals surface area contributed by atoms with Crippen molar-refractivity contribution < 1.29 is 24.1 Å². The maximum Gasteiger partial charge on any atom is 0.450 e. The van der Waals surface area contributed by atoms with Crippen LogP contribution in [-0.4, -0.2) is 24.8 Å². The molecular formula is C32H46N2O5. The topological polar surface area (TPSA) is 85.9 Å². The van der Waals surface area contributed by atoms with Gasteiger partial charge in [0.1, 0.15) is 5.75 Å². The number of aryl methyl sites for hydroxylation is 2. The second kappa shape index (κ2) is 14.2. The van der Waals surface area contributed by atoms with E-state index >= 15 is 0 Å². The molecule has 214 valence electrons. The highest BCUT2D eigenvalue weighted by molar-refractivity contribution is 5.71. The molecule has 0 spiro atoms. The largest absolute Gasteiger partial charge is 0.450 e. The molecule has 2 unspecified atom stereocenters. The highest BCUT2D eigenvalue weighted by Gasteiger charge is 2.42. The number of carbonyl (C=O) groups is 2. The van der Waals surface area contributed by atoms with Crippen molar-refractivity contribution in [3.63, 3.8) is 0 Å². The van der Waals surface area contributed by atoms with Gasteiger partial charge in [0.05, 0.1) is 0 Å². The number of carbonyl (C=O) groups excluding carboxylic acids is 2. The summed E-state index contributed by atoms with van der Waals surface area (Å²) >= 11 is 0. The maximum absolute atomic E-state index is 12.7. The summed E-state index contributed by atoms with van der Waals surface area (Å²) in [4.78, 5) is 36.0. The van der Waals surface area contributed by atoms with E-state index in [1.165, 1.54) is 0 Å². The number of para-hydroxylation sites is 2. The van der Waals surface area contributed by atoms with Crippen LogP contribution in [0.5, 0.6) is 11.5 Å². The second-order valence-corrected chi connectivity index (χ2v) is 12.0. The Labute approximate surface area is 233 Å². The lowest BCUT2D eigenvalue weighted by Crippen LogP contribution is -2.50. The molecule has 3 rings (SSSR count). The van der Waals surface area contributed by atoms with Gasteiger partial charge in [-0.15, -0.1) is 0 Å². The van der Waals surface area contributed by atoms with Gasteiger partial charge in [-0.1, -0.05) is 83.9 Å². The predicted octanol–water partition coefficient (Wildman–Crippen LogP) is 7.77. The third-order valence-corrected chi connectivity index (χ3v) is 7.38. The van der Waals surface area contributed by atoms with Crippen LogP contribution in [0, 0.1) is 10.8 Å².